The van der Waals surface area contributed by atoms with Crippen molar-refractivity contribution in [3.63, 3.8) is 0 Å². The average Bonchev–Trinajstić information content (AvgIpc) is 2.45. The van der Waals surface area contributed by atoms with Gasteiger partial charge in [0, 0.05) is 11.4 Å². The van der Waals surface area contributed by atoms with E-state index in [0.29, 0.717) is 18.8 Å². The summed E-state index contributed by atoms with van der Waals surface area (Å²) in [5.41, 5.74) is 1.02. The fraction of sp³-hybridized carbons (Fsp3) is 0.500. The molecule has 0 aliphatic carbocycles. The van der Waals surface area contributed by atoms with Gasteiger partial charge >= 0.3 is 0 Å². The molecule has 0 aromatic carbocycles. The van der Waals surface area contributed by atoms with E-state index < -0.39 is 6.08 Å². The summed E-state index contributed by atoms with van der Waals surface area (Å²) in [6.07, 6.45) is 1.61. The van der Waals surface area contributed by atoms with Gasteiger partial charge in [0.15, 0.2) is 0 Å². The Morgan fingerprint density at radius 1 is 1.77 bits per heavy atom. The first-order chi connectivity index (χ1) is 6.20. The maximum Gasteiger partial charge on any atom is 0.266 e. The van der Waals surface area contributed by atoms with Crippen molar-refractivity contribution >= 4 is 11.9 Å². The van der Waals surface area contributed by atoms with Gasteiger partial charge in [0.1, 0.15) is 0 Å². The Morgan fingerprint density at radius 2 is 2.54 bits per heavy atom. The van der Waals surface area contributed by atoms with Gasteiger partial charge in [0.2, 0.25) is 0 Å². The molecule has 13 heavy (non-hydrogen) atoms. The average molecular weight is 207 g/mol. The van der Waals surface area contributed by atoms with Crippen molar-refractivity contribution in [3.8, 4) is 0 Å². The highest BCUT2D eigenvalue weighted by atomic mass is 32.2. The summed E-state index contributed by atoms with van der Waals surface area (Å²) in [6.45, 7) is 2.50. The van der Waals surface area contributed by atoms with Crippen LogP contribution >= 0.6 is 11.9 Å². The predicted octanol–water partition coefficient (Wildman–Crippen LogP) is 2.96. The monoisotopic (exact) mass is 207 g/mol. The first-order valence-electron chi connectivity index (χ1n) is 3.94. The SMILES string of the molecule is CC1=CCON1SCCC=C(F)F. The molecule has 0 unspecified atom stereocenters. The van der Waals surface area contributed by atoms with Crippen LogP contribution in [0.2, 0.25) is 0 Å². The minimum Gasteiger partial charge on any atom is -0.259 e. The molecule has 0 fully saturated rings. The lowest BCUT2D eigenvalue weighted by Gasteiger charge is -2.15. The Labute approximate surface area is 80.3 Å². The summed E-state index contributed by atoms with van der Waals surface area (Å²) in [6, 6.07) is 0. The third kappa shape index (κ3) is 3.78. The Balaban J connectivity index is 2.13. The van der Waals surface area contributed by atoms with Crippen molar-refractivity contribution in [2.75, 3.05) is 12.4 Å². The smallest absolute Gasteiger partial charge is 0.259 e. The third-order valence-corrected chi connectivity index (χ3v) is 2.53. The highest BCUT2D eigenvalue weighted by Crippen LogP contribution is 2.22. The standard InChI is InChI=1S/C8H11F2NOS/c1-7-4-5-12-11(7)13-6-2-3-8(9)10/h3-4H,2,5-6H2,1H3. The van der Waals surface area contributed by atoms with Gasteiger partial charge in [0.25, 0.3) is 6.08 Å². The summed E-state index contributed by atoms with van der Waals surface area (Å²) in [4.78, 5) is 5.17. The number of hydrogen-bond donors (Lipinski definition) is 0. The fourth-order valence-electron chi connectivity index (χ4n) is 0.845. The van der Waals surface area contributed by atoms with Gasteiger partial charge in [-0.15, -0.1) is 0 Å². The zero-order valence-electron chi connectivity index (χ0n) is 7.30. The summed E-state index contributed by atoms with van der Waals surface area (Å²) < 4.78 is 24.9. The normalized spacial score (nSPS) is 15.9. The van der Waals surface area contributed by atoms with Crippen LogP contribution in [0.5, 0.6) is 0 Å². The van der Waals surface area contributed by atoms with E-state index in [1.165, 1.54) is 11.9 Å². The molecule has 1 rings (SSSR count). The van der Waals surface area contributed by atoms with Crippen molar-refractivity contribution in [1.29, 1.82) is 0 Å². The lowest BCUT2D eigenvalue weighted by atomic mass is 10.5. The topological polar surface area (TPSA) is 12.5 Å². The van der Waals surface area contributed by atoms with Gasteiger partial charge in [-0.25, -0.2) is 0 Å². The molecule has 0 aromatic rings. The molecule has 0 spiro atoms. The van der Waals surface area contributed by atoms with Crippen molar-refractivity contribution in [1.82, 2.24) is 4.47 Å². The van der Waals surface area contributed by atoms with Crippen molar-refractivity contribution in [2.24, 2.45) is 0 Å². The van der Waals surface area contributed by atoms with Crippen molar-refractivity contribution in [3.05, 3.63) is 23.9 Å². The predicted molar refractivity (Wildman–Crippen MR) is 48.9 cm³/mol. The molecule has 74 valence electrons. The molecule has 0 bridgehead atoms. The molecule has 0 aromatic heterocycles. The number of nitrogens with zero attached hydrogens (tertiary/aromatic N) is 1. The van der Waals surface area contributed by atoms with E-state index in [-0.39, 0.29) is 0 Å². The maximum absolute atomic E-state index is 11.6. The molecule has 0 saturated carbocycles. The molecule has 2 nitrogen and oxygen atoms in total. The van der Waals surface area contributed by atoms with Crippen LogP contribution in [0.3, 0.4) is 0 Å². The summed E-state index contributed by atoms with van der Waals surface area (Å²) in [5, 5.41) is 0. The number of rotatable bonds is 4. The van der Waals surface area contributed by atoms with E-state index in [0.717, 1.165) is 11.8 Å². The largest absolute Gasteiger partial charge is 0.266 e. The van der Waals surface area contributed by atoms with Gasteiger partial charge < -0.3 is 0 Å². The molecule has 5 heteroatoms. The highest BCUT2D eigenvalue weighted by Gasteiger charge is 2.11. The number of halogens is 2. The van der Waals surface area contributed by atoms with Crippen molar-refractivity contribution < 1.29 is 13.6 Å². The number of allylic oxidation sites excluding steroid dienone is 2. The highest BCUT2D eigenvalue weighted by molar-refractivity contribution is 7.97. The molecule has 0 saturated heterocycles. The quantitative estimate of drug-likeness (QED) is 0.519. The van der Waals surface area contributed by atoms with Gasteiger partial charge in [-0.3, -0.25) is 4.84 Å². The Morgan fingerprint density at radius 3 is 3.08 bits per heavy atom. The lowest BCUT2D eigenvalue weighted by molar-refractivity contribution is -0.00940. The van der Waals surface area contributed by atoms with E-state index in [1.54, 1.807) is 4.47 Å². The number of hydrogen-bond acceptors (Lipinski definition) is 3. The molecular weight excluding hydrogens is 196 g/mol. The molecule has 0 N–H and O–H groups in total. The zero-order chi connectivity index (χ0) is 9.68. The maximum atomic E-state index is 11.6. The van der Waals surface area contributed by atoms with Crippen LogP contribution < -0.4 is 0 Å². The Kier molecular flexibility index (Phi) is 4.24. The van der Waals surface area contributed by atoms with Crippen LogP contribution in [0.4, 0.5) is 8.78 Å². The van der Waals surface area contributed by atoms with Crippen LogP contribution in [-0.2, 0) is 4.84 Å². The van der Waals surface area contributed by atoms with Gasteiger partial charge in [-0.2, -0.15) is 13.2 Å². The minimum absolute atomic E-state index is 0.361. The first kappa shape index (κ1) is 10.5. The van der Waals surface area contributed by atoms with E-state index in [9.17, 15) is 8.78 Å². The number of hydroxylamine groups is 1. The molecule has 0 radical (unpaired) electrons. The second kappa shape index (κ2) is 5.24. The molecular formula is C8H11F2NOS. The second-order valence-electron chi connectivity index (χ2n) is 2.51. The zero-order valence-corrected chi connectivity index (χ0v) is 8.11. The summed E-state index contributed by atoms with van der Waals surface area (Å²) in [7, 11) is 0. The van der Waals surface area contributed by atoms with Gasteiger partial charge in [0.05, 0.1) is 6.61 Å². The van der Waals surface area contributed by atoms with E-state index in [4.69, 9.17) is 4.84 Å². The van der Waals surface area contributed by atoms with Crippen LogP contribution in [0.25, 0.3) is 0 Å². The first-order valence-corrected chi connectivity index (χ1v) is 4.88. The van der Waals surface area contributed by atoms with E-state index >= 15 is 0 Å². The Hall–Kier alpha value is -0.550. The molecule has 0 amide bonds. The fourth-order valence-corrected chi connectivity index (χ4v) is 1.65. The molecule has 1 aliphatic rings. The molecule has 0 atom stereocenters. The minimum atomic E-state index is -1.62. The van der Waals surface area contributed by atoms with Crippen LogP contribution in [-0.4, -0.2) is 16.8 Å². The van der Waals surface area contributed by atoms with E-state index in [2.05, 4.69) is 0 Å². The van der Waals surface area contributed by atoms with Crippen LogP contribution in [0.1, 0.15) is 13.3 Å². The lowest BCUT2D eigenvalue weighted by Crippen LogP contribution is -2.07. The third-order valence-electron chi connectivity index (χ3n) is 1.48. The molecule has 1 aliphatic heterocycles. The van der Waals surface area contributed by atoms with Crippen molar-refractivity contribution in [2.45, 2.75) is 13.3 Å². The van der Waals surface area contributed by atoms with Gasteiger partial charge in [-0.05, 0) is 37.4 Å². The van der Waals surface area contributed by atoms with Crippen LogP contribution in [0.15, 0.2) is 23.9 Å². The van der Waals surface area contributed by atoms with Gasteiger partial charge in [-0.1, -0.05) is 0 Å². The van der Waals surface area contributed by atoms with E-state index in [1.807, 2.05) is 13.0 Å². The summed E-state index contributed by atoms with van der Waals surface area (Å²) in [5.74, 6) is 0.600. The summed E-state index contributed by atoms with van der Waals surface area (Å²) >= 11 is 1.40. The van der Waals surface area contributed by atoms with Crippen LogP contribution in [0, 0.1) is 0 Å². The molecule has 1 heterocycles. The Bertz CT molecular complexity index is 226. The second-order valence-corrected chi connectivity index (χ2v) is 3.51.